The molecule has 0 aliphatic carbocycles. The minimum Gasteiger partial charge on any atom is -0.389 e. The normalized spacial score (nSPS) is 25.8. The second kappa shape index (κ2) is 6.74. The lowest BCUT2D eigenvalue weighted by molar-refractivity contribution is -0.157. The average Bonchev–Trinajstić information content (AvgIpc) is 2.93. The Hall–Kier alpha value is -2.38. The van der Waals surface area contributed by atoms with Crippen LogP contribution in [0.3, 0.4) is 0 Å². The Morgan fingerprint density at radius 1 is 0.885 bits per heavy atom. The molecule has 3 unspecified atom stereocenters. The second-order valence-electron chi connectivity index (χ2n) is 6.18. The highest BCUT2D eigenvalue weighted by molar-refractivity contribution is 6.03. The predicted molar refractivity (Wildman–Crippen MR) is 87.4 cm³/mol. The van der Waals surface area contributed by atoms with E-state index in [4.69, 9.17) is 14.3 Å². The van der Waals surface area contributed by atoms with E-state index < -0.39 is 18.0 Å². The van der Waals surface area contributed by atoms with Crippen molar-refractivity contribution in [3.8, 4) is 0 Å². The number of fused-ring (bicyclic) bond motifs is 1. The molecular weight excluding hydrogens is 347 g/mol. The summed E-state index contributed by atoms with van der Waals surface area (Å²) < 4.78 is 51.1. The van der Waals surface area contributed by atoms with Gasteiger partial charge in [-0.2, -0.15) is 13.2 Å². The summed E-state index contributed by atoms with van der Waals surface area (Å²) in [5.41, 5.74) is 0.842. The van der Waals surface area contributed by atoms with Crippen molar-refractivity contribution < 1.29 is 27.5 Å². The summed E-state index contributed by atoms with van der Waals surface area (Å²) in [5.74, 6) is -0.194. The van der Waals surface area contributed by atoms with Gasteiger partial charge in [0.1, 0.15) is 0 Å². The van der Waals surface area contributed by atoms with Crippen LogP contribution in [0, 0.1) is 5.92 Å². The third-order valence-electron chi connectivity index (χ3n) is 4.52. The zero-order valence-corrected chi connectivity index (χ0v) is 13.6. The van der Waals surface area contributed by atoms with Crippen molar-refractivity contribution in [2.75, 3.05) is 13.2 Å². The SMILES string of the molecule is FC(F)(F)c1ccccc1C1OCC2ON=C(c3ccccc3)C2CO1. The minimum absolute atomic E-state index is 0.0295. The van der Waals surface area contributed by atoms with Crippen molar-refractivity contribution in [2.24, 2.45) is 11.1 Å². The van der Waals surface area contributed by atoms with Crippen molar-refractivity contribution >= 4 is 5.71 Å². The van der Waals surface area contributed by atoms with Gasteiger partial charge < -0.3 is 14.3 Å². The van der Waals surface area contributed by atoms with Crippen molar-refractivity contribution in [1.82, 2.24) is 0 Å². The number of alkyl halides is 3. The van der Waals surface area contributed by atoms with Gasteiger partial charge in [0.2, 0.25) is 0 Å². The molecule has 2 aromatic rings. The van der Waals surface area contributed by atoms with E-state index in [0.29, 0.717) is 0 Å². The number of hydrogen-bond acceptors (Lipinski definition) is 4. The third-order valence-corrected chi connectivity index (χ3v) is 4.52. The van der Waals surface area contributed by atoms with Gasteiger partial charge in [-0.3, -0.25) is 0 Å². The van der Waals surface area contributed by atoms with E-state index in [1.807, 2.05) is 30.3 Å². The van der Waals surface area contributed by atoms with Gasteiger partial charge in [-0.1, -0.05) is 53.7 Å². The van der Waals surface area contributed by atoms with E-state index >= 15 is 0 Å². The number of rotatable bonds is 2. The summed E-state index contributed by atoms with van der Waals surface area (Å²) in [6.45, 7) is 0.261. The van der Waals surface area contributed by atoms with Crippen LogP contribution in [0.25, 0.3) is 0 Å². The molecule has 0 N–H and O–H groups in total. The van der Waals surface area contributed by atoms with Gasteiger partial charge in [-0.05, 0) is 11.6 Å². The highest BCUT2D eigenvalue weighted by Gasteiger charge is 2.41. The van der Waals surface area contributed by atoms with Crippen LogP contribution in [0.2, 0.25) is 0 Å². The van der Waals surface area contributed by atoms with Crippen LogP contribution in [0.1, 0.15) is 23.0 Å². The van der Waals surface area contributed by atoms with Crippen LogP contribution in [-0.4, -0.2) is 25.0 Å². The molecule has 4 nitrogen and oxygen atoms in total. The first-order valence-electron chi connectivity index (χ1n) is 8.22. The molecule has 7 heteroatoms. The molecule has 2 aliphatic heterocycles. The number of nitrogens with zero attached hydrogens (tertiary/aromatic N) is 1. The van der Waals surface area contributed by atoms with Gasteiger partial charge in [0.25, 0.3) is 0 Å². The number of oxime groups is 1. The second-order valence-corrected chi connectivity index (χ2v) is 6.18. The summed E-state index contributed by atoms with van der Waals surface area (Å²) in [6.07, 6.45) is -5.95. The molecule has 1 saturated heterocycles. The largest absolute Gasteiger partial charge is 0.416 e. The lowest BCUT2D eigenvalue weighted by Gasteiger charge is -2.20. The molecule has 2 aromatic carbocycles. The average molecular weight is 363 g/mol. The van der Waals surface area contributed by atoms with E-state index in [0.717, 1.165) is 17.3 Å². The van der Waals surface area contributed by atoms with Crippen LogP contribution in [0.15, 0.2) is 59.8 Å². The Morgan fingerprint density at radius 2 is 1.58 bits per heavy atom. The molecular formula is C19H16F3NO3. The smallest absolute Gasteiger partial charge is 0.389 e. The third kappa shape index (κ3) is 3.20. The zero-order chi connectivity index (χ0) is 18.1. The van der Waals surface area contributed by atoms with Crippen LogP contribution < -0.4 is 0 Å². The fourth-order valence-electron chi connectivity index (χ4n) is 3.21. The summed E-state index contributed by atoms with van der Waals surface area (Å²) in [6, 6.07) is 14.8. The van der Waals surface area contributed by atoms with Gasteiger partial charge in [-0.15, -0.1) is 0 Å². The maximum atomic E-state index is 13.3. The molecule has 2 heterocycles. The maximum absolute atomic E-state index is 13.3. The van der Waals surface area contributed by atoms with E-state index in [1.165, 1.54) is 18.2 Å². The standard InChI is InChI=1S/C19H16F3NO3/c20-19(21,22)15-9-5-4-8-13(15)18-24-10-14-16(11-25-18)26-23-17(14)12-6-2-1-3-7-12/h1-9,14,16,18H,10-11H2. The van der Waals surface area contributed by atoms with E-state index in [2.05, 4.69) is 5.16 Å². The predicted octanol–water partition coefficient (Wildman–Crippen LogP) is 4.17. The van der Waals surface area contributed by atoms with Crippen LogP contribution in [0.4, 0.5) is 13.2 Å². The molecule has 2 aliphatic rings. The fraction of sp³-hybridized carbons (Fsp3) is 0.316. The summed E-state index contributed by atoms with van der Waals surface area (Å²) in [4.78, 5) is 5.45. The fourth-order valence-corrected chi connectivity index (χ4v) is 3.21. The number of hydrogen-bond donors (Lipinski definition) is 0. The lowest BCUT2D eigenvalue weighted by atomic mass is 9.93. The number of halogens is 3. The number of ether oxygens (including phenoxy) is 2. The van der Waals surface area contributed by atoms with Gasteiger partial charge >= 0.3 is 6.18 Å². The lowest BCUT2D eigenvalue weighted by Crippen LogP contribution is -2.29. The molecule has 4 rings (SSSR count). The monoisotopic (exact) mass is 363 g/mol. The molecule has 0 saturated carbocycles. The topological polar surface area (TPSA) is 40.0 Å². The van der Waals surface area contributed by atoms with Crippen molar-refractivity contribution in [1.29, 1.82) is 0 Å². The number of benzene rings is 2. The quantitative estimate of drug-likeness (QED) is 0.804. The van der Waals surface area contributed by atoms with Crippen LogP contribution >= 0.6 is 0 Å². The Kier molecular flexibility index (Phi) is 4.42. The van der Waals surface area contributed by atoms with E-state index in [9.17, 15) is 13.2 Å². The molecule has 1 fully saturated rings. The molecule has 26 heavy (non-hydrogen) atoms. The van der Waals surface area contributed by atoms with Gasteiger partial charge in [0.15, 0.2) is 12.4 Å². The van der Waals surface area contributed by atoms with Crippen LogP contribution in [-0.2, 0) is 20.5 Å². The van der Waals surface area contributed by atoms with Gasteiger partial charge in [-0.25, -0.2) is 0 Å². The summed E-state index contributed by atoms with van der Waals surface area (Å²) in [5, 5.41) is 4.12. The molecule has 0 bridgehead atoms. The summed E-state index contributed by atoms with van der Waals surface area (Å²) >= 11 is 0. The molecule has 3 atom stereocenters. The van der Waals surface area contributed by atoms with Gasteiger partial charge in [0.05, 0.1) is 30.4 Å². The Balaban J connectivity index is 1.57. The maximum Gasteiger partial charge on any atom is 0.416 e. The van der Waals surface area contributed by atoms with E-state index in [-0.39, 0.29) is 30.8 Å². The molecule has 0 aromatic heterocycles. The van der Waals surface area contributed by atoms with Crippen molar-refractivity contribution in [3.05, 3.63) is 71.3 Å². The Morgan fingerprint density at radius 3 is 2.35 bits per heavy atom. The minimum atomic E-state index is -4.47. The van der Waals surface area contributed by atoms with Crippen LogP contribution in [0.5, 0.6) is 0 Å². The molecule has 136 valence electrons. The molecule has 0 radical (unpaired) electrons. The first-order chi connectivity index (χ1) is 12.5. The Labute approximate surface area is 148 Å². The highest BCUT2D eigenvalue weighted by atomic mass is 19.4. The zero-order valence-electron chi connectivity index (χ0n) is 13.6. The summed E-state index contributed by atoms with van der Waals surface area (Å²) in [7, 11) is 0. The first-order valence-corrected chi connectivity index (χ1v) is 8.22. The first kappa shape index (κ1) is 17.1. The Bertz CT molecular complexity index is 807. The highest BCUT2D eigenvalue weighted by Crippen LogP contribution is 2.38. The molecule has 0 spiro atoms. The van der Waals surface area contributed by atoms with Crippen molar-refractivity contribution in [3.63, 3.8) is 0 Å². The van der Waals surface area contributed by atoms with Gasteiger partial charge in [0, 0.05) is 5.56 Å². The van der Waals surface area contributed by atoms with Crippen molar-refractivity contribution in [2.45, 2.75) is 18.6 Å². The van der Waals surface area contributed by atoms with E-state index in [1.54, 1.807) is 0 Å². The molecule has 0 amide bonds.